The molecule has 6 heteroatoms. The van der Waals surface area contributed by atoms with Crippen LogP contribution in [0.4, 0.5) is 5.69 Å². The molecule has 0 radical (unpaired) electrons. The summed E-state index contributed by atoms with van der Waals surface area (Å²) < 4.78 is 1.93. The fourth-order valence-electron chi connectivity index (χ4n) is 1.64. The first-order valence-corrected chi connectivity index (χ1v) is 6.12. The number of aryl methyl sites for hydroxylation is 1. The van der Waals surface area contributed by atoms with Crippen LogP contribution in [0.1, 0.15) is 6.92 Å². The van der Waals surface area contributed by atoms with Crippen molar-refractivity contribution in [3.05, 3.63) is 30.6 Å². The summed E-state index contributed by atoms with van der Waals surface area (Å²) >= 11 is 5.45. The van der Waals surface area contributed by atoms with E-state index in [1.165, 1.54) is 0 Å². The van der Waals surface area contributed by atoms with Gasteiger partial charge in [0.25, 0.3) is 0 Å². The van der Waals surface area contributed by atoms with Gasteiger partial charge < -0.3 is 9.88 Å². The first kappa shape index (κ1) is 12.6. The number of nitrogens with zero attached hydrogens (tertiary/aromatic N) is 3. The highest BCUT2D eigenvalue weighted by atomic mass is 35.5. The molecule has 5 nitrogen and oxygen atoms in total. The number of rotatable bonds is 4. The van der Waals surface area contributed by atoms with E-state index < -0.39 is 0 Å². The number of alkyl halides is 1. The number of hydrogen-bond acceptors (Lipinski definition) is 3. The zero-order valence-corrected chi connectivity index (χ0v) is 10.7. The molecular formula is C12H13ClN4O. The average molecular weight is 265 g/mol. The van der Waals surface area contributed by atoms with E-state index in [1.54, 1.807) is 12.4 Å². The molecule has 2 aromatic rings. The second-order valence-electron chi connectivity index (χ2n) is 3.70. The van der Waals surface area contributed by atoms with Gasteiger partial charge in [-0.2, -0.15) is 0 Å². The number of halogens is 1. The Hall–Kier alpha value is -1.88. The fourth-order valence-corrected chi connectivity index (χ4v) is 1.71. The molecule has 0 saturated carbocycles. The molecule has 1 N–H and O–H groups in total. The number of amides is 1. The van der Waals surface area contributed by atoms with Gasteiger partial charge in [-0.1, -0.05) is 12.1 Å². The van der Waals surface area contributed by atoms with E-state index in [1.807, 2.05) is 29.7 Å². The van der Waals surface area contributed by atoms with Crippen molar-refractivity contribution < 1.29 is 4.79 Å². The number of carbonyl (C=O) groups is 1. The second kappa shape index (κ2) is 5.64. The van der Waals surface area contributed by atoms with Crippen LogP contribution in [0.2, 0.25) is 0 Å². The number of aromatic nitrogens is 3. The van der Waals surface area contributed by atoms with Gasteiger partial charge in [0.1, 0.15) is 12.2 Å². The topological polar surface area (TPSA) is 59.8 Å². The molecule has 0 unspecified atom stereocenters. The smallest absolute Gasteiger partial charge is 0.239 e. The molecule has 0 fully saturated rings. The lowest BCUT2D eigenvalue weighted by Crippen LogP contribution is -2.12. The molecule has 1 aromatic carbocycles. The predicted molar refractivity (Wildman–Crippen MR) is 70.5 cm³/mol. The molecule has 0 aliphatic rings. The third kappa shape index (κ3) is 2.68. The van der Waals surface area contributed by atoms with Gasteiger partial charge in [-0.05, 0) is 19.1 Å². The maximum atomic E-state index is 11.2. The molecule has 2 rings (SSSR count). The number of carbonyl (C=O) groups excluding carboxylic acids is 1. The predicted octanol–water partition coefficient (Wildman–Crippen LogP) is 2.14. The molecule has 94 valence electrons. The van der Waals surface area contributed by atoms with Crippen LogP contribution in [0, 0.1) is 0 Å². The van der Waals surface area contributed by atoms with Crippen molar-refractivity contribution in [3.63, 3.8) is 0 Å². The van der Waals surface area contributed by atoms with Gasteiger partial charge in [-0.15, -0.1) is 21.8 Å². The van der Waals surface area contributed by atoms with Gasteiger partial charge in [0.2, 0.25) is 5.91 Å². The first-order chi connectivity index (χ1) is 8.74. The van der Waals surface area contributed by atoms with Crippen LogP contribution in [0.25, 0.3) is 11.4 Å². The third-order valence-corrected chi connectivity index (χ3v) is 2.72. The Kier molecular flexibility index (Phi) is 3.94. The zero-order valence-electron chi connectivity index (χ0n) is 9.93. The van der Waals surface area contributed by atoms with Gasteiger partial charge in [-0.3, -0.25) is 4.79 Å². The van der Waals surface area contributed by atoms with Crippen molar-refractivity contribution in [2.24, 2.45) is 0 Å². The van der Waals surface area contributed by atoms with E-state index in [9.17, 15) is 4.79 Å². The number of benzene rings is 1. The minimum Gasteiger partial charge on any atom is -0.325 e. The van der Waals surface area contributed by atoms with Crippen molar-refractivity contribution in [1.29, 1.82) is 0 Å². The Morgan fingerprint density at radius 2 is 2.33 bits per heavy atom. The summed E-state index contributed by atoms with van der Waals surface area (Å²) in [6.07, 6.45) is 1.68. The molecule has 1 amide bonds. The number of nitrogens with one attached hydrogen (secondary N) is 1. The van der Waals surface area contributed by atoms with E-state index >= 15 is 0 Å². The summed E-state index contributed by atoms with van der Waals surface area (Å²) in [5, 5.41) is 10.7. The van der Waals surface area contributed by atoms with E-state index in [2.05, 4.69) is 15.5 Å². The van der Waals surface area contributed by atoms with Gasteiger partial charge in [0, 0.05) is 17.8 Å². The molecule has 0 bridgehead atoms. The van der Waals surface area contributed by atoms with Crippen LogP contribution in [-0.2, 0) is 11.3 Å². The van der Waals surface area contributed by atoms with Gasteiger partial charge >= 0.3 is 0 Å². The largest absolute Gasteiger partial charge is 0.325 e. The van der Waals surface area contributed by atoms with E-state index in [0.29, 0.717) is 5.69 Å². The number of hydrogen-bond donors (Lipinski definition) is 1. The van der Waals surface area contributed by atoms with E-state index in [-0.39, 0.29) is 11.8 Å². The highest BCUT2D eigenvalue weighted by molar-refractivity contribution is 6.29. The molecule has 1 aromatic heterocycles. The Morgan fingerprint density at radius 3 is 3.06 bits per heavy atom. The summed E-state index contributed by atoms with van der Waals surface area (Å²) in [5.74, 6) is 0.486. The summed E-state index contributed by atoms with van der Waals surface area (Å²) in [6.45, 7) is 2.81. The number of anilines is 1. The van der Waals surface area contributed by atoms with E-state index in [4.69, 9.17) is 11.6 Å². The summed E-state index contributed by atoms with van der Waals surface area (Å²) in [7, 11) is 0. The molecule has 0 aliphatic carbocycles. The van der Waals surface area contributed by atoms with Crippen LogP contribution >= 0.6 is 11.6 Å². The standard InChI is InChI=1S/C12H13ClN4O/c1-2-17-8-14-16-12(17)9-4-3-5-10(6-9)15-11(18)7-13/h3-6,8H,2,7H2,1H3,(H,15,18). The normalized spacial score (nSPS) is 10.3. The molecule has 0 saturated heterocycles. The fraction of sp³-hybridized carbons (Fsp3) is 0.250. The lowest BCUT2D eigenvalue weighted by molar-refractivity contribution is -0.113. The van der Waals surface area contributed by atoms with E-state index in [0.717, 1.165) is 17.9 Å². The SMILES string of the molecule is CCn1cnnc1-c1cccc(NC(=O)CCl)c1. The molecule has 18 heavy (non-hydrogen) atoms. The molecule has 0 aliphatic heterocycles. The van der Waals surface area contributed by atoms with Crippen molar-refractivity contribution >= 4 is 23.2 Å². The second-order valence-corrected chi connectivity index (χ2v) is 3.97. The summed E-state index contributed by atoms with van der Waals surface area (Å²) in [5.41, 5.74) is 1.60. The van der Waals surface area contributed by atoms with Crippen LogP contribution < -0.4 is 5.32 Å². The van der Waals surface area contributed by atoms with Crippen molar-refractivity contribution in [2.75, 3.05) is 11.2 Å². The Labute approximate surface area is 110 Å². The first-order valence-electron chi connectivity index (χ1n) is 5.58. The quantitative estimate of drug-likeness (QED) is 0.861. The Bertz CT molecular complexity index is 553. The molecular weight excluding hydrogens is 252 g/mol. The van der Waals surface area contributed by atoms with Gasteiger partial charge in [0.05, 0.1) is 0 Å². The van der Waals surface area contributed by atoms with Crippen LogP contribution in [0.5, 0.6) is 0 Å². The van der Waals surface area contributed by atoms with Crippen molar-refractivity contribution in [3.8, 4) is 11.4 Å². The monoisotopic (exact) mass is 264 g/mol. The molecule has 0 atom stereocenters. The van der Waals surface area contributed by atoms with Crippen LogP contribution in [0.3, 0.4) is 0 Å². The molecule has 1 heterocycles. The maximum Gasteiger partial charge on any atom is 0.239 e. The minimum atomic E-state index is -0.231. The minimum absolute atomic E-state index is 0.0601. The maximum absolute atomic E-state index is 11.2. The highest BCUT2D eigenvalue weighted by Crippen LogP contribution is 2.20. The molecule has 0 spiro atoms. The lowest BCUT2D eigenvalue weighted by atomic mass is 10.2. The lowest BCUT2D eigenvalue weighted by Gasteiger charge is -2.06. The Morgan fingerprint density at radius 1 is 1.50 bits per heavy atom. The summed E-state index contributed by atoms with van der Waals surface area (Å²) in [4.78, 5) is 11.2. The Balaban J connectivity index is 2.30. The van der Waals surface area contributed by atoms with Gasteiger partial charge in [0.15, 0.2) is 5.82 Å². The van der Waals surface area contributed by atoms with Crippen molar-refractivity contribution in [1.82, 2.24) is 14.8 Å². The third-order valence-electron chi connectivity index (χ3n) is 2.48. The highest BCUT2D eigenvalue weighted by Gasteiger charge is 2.07. The zero-order chi connectivity index (χ0) is 13.0. The van der Waals surface area contributed by atoms with Crippen molar-refractivity contribution in [2.45, 2.75) is 13.5 Å². The average Bonchev–Trinajstić information content (AvgIpc) is 2.87. The van der Waals surface area contributed by atoms with Crippen LogP contribution in [0.15, 0.2) is 30.6 Å². The van der Waals surface area contributed by atoms with Crippen LogP contribution in [-0.4, -0.2) is 26.6 Å². The van der Waals surface area contributed by atoms with Gasteiger partial charge in [-0.25, -0.2) is 0 Å². The summed E-state index contributed by atoms with van der Waals surface area (Å²) in [6, 6.07) is 7.43.